The van der Waals surface area contributed by atoms with Gasteiger partial charge in [-0.3, -0.25) is 0 Å². The summed E-state index contributed by atoms with van der Waals surface area (Å²) in [4.78, 5) is 0. The van der Waals surface area contributed by atoms with Gasteiger partial charge in [-0.1, -0.05) is 6.92 Å². The Kier molecular flexibility index (Phi) is 4.03. The van der Waals surface area contributed by atoms with Crippen molar-refractivity contribution in [3.05, 3.63) is 11.6 Å². The summed E-state index contributed by atoms with van der Waals surface area (Å²) >= 11 is 0. The second-order valence-electron chi connectivity index (χ2n) is 3.16. The zero-order valence-electron chi connectivity index (χ0n) is 8.90. The second-order valence-corrected chi connectivity index (χ2v) is 3.16. The van der Waals surface area contributed by atoms with Crippen molar-refractivity contribution in [1.29, 1.82) is 0 Å². The maximum Gasteiger partial charge on any atom is 0.162 e. The van der Waals surface area contributed by atoms with E-state index in [0.717, 1.165) is 18.8 Å². The molecule has 0 aliphatic heterocycles. The highest BCUT2D eigenvalue weighted by molar-refractivity contribution is 4.97. The lowest BCUT2D eigenvalue weighted by Gasteiger charge is -2.11. The molecule has 5 heteroatoms. The summed E-state index contributed by atoms with van der Waals surface area (Å²) in [6, 6.07) is 0. The summed E-state index contributed by atoms with van der Waals surface area (Å²) < 4.78 is 7.09. The van der Waals surface area contributed by atoms with Gasteiger partial charge in [0.15, 0.2) is 11.6 Å². The van der Waals surface area contributed by atoms with Gasteiger partial charge in [-0.15, -0.1) is 10.2 Å². The predicted molar refractivity (Wildman–Crippen MR) is 51.7 cm³/mol. The van der Waals surface area contributed by atoms with Crippen molar-refractivity contribution in [2.75, 3.05) is 7.11 Å². The van der Waals surface area contributed by atoms with E-state index in [1.165, 1.54) is 0 Å². The summed E-state index contributed by atoms with van der Waals surface area (Å²) in [5.41, 5.74) is 0. The smallest absolute Gasteiger partial charge is 0.162 e. The fourth-order valence-corrected chi connectivity index (χ4v) is 1.34. The van der Waals surface area contributed by atoms with Gasteiger partial charge in [0.05, 0.1) is 0 Å². The normalized spacial score (nSPS) is 13.1. The molecule has 0 aromatic carbocycles. The van der Waals surface area contributed by atoms with Crippen LogP contribution in [-0.2, 0) is 17.9 Å². The van der Waals surface area contributed by atoms with E-state index in [1.54, 1.807) is 7.11 Å². The molecule has 0 radical (unpaired) electrons. The average Bonchev–Trinajstić information content (AvgIpc) is 2.60. The van der Waals surface area contributed by atoms with Crippen molar-refractivity contribution < 1.29 is 9.84 Å². The Morgan fingerprint density at radius 2 is 2.21 bits per heavy atom. The number of nitrogens with zero attached hydrogens (tertiary/aromatic N) is 3. The van der Waals surface area contributed by atoms with Crippen LogP contribution in [0.5, 0.6) is 0 Å². The van der Waals surface area contributed by atoms with Crippen LogP contribution in [0.2, 0.25) is 0 Å². The van der Waals surface area contributed by atoms with E-state index in [4.69, 9.17) is 9.84 Å². The standard InChI is InChI=1S/C9H17N3O2/c1-4-5-12-8(6-13)10-11-9(12)7(2)14-3/h7,13H,4-6H2,1-3H3. The molecule has 1 heterocycles. The van der Waals surface area contributed by atoms with Gasteiger partial charge in [-0.2, -0.15) is 0 Å². The molecule has 0 saturated carbocycles. The summed E-state index contributed by atoms with van der Waals surface area (Å²) in [5, 5.41) is 17.0. The highest BCUT2D eigenvalue weighted by atomic mass is 16.5. The zero-order chi connectivity index (χ0) is 10.6. The number of hydrogen-bond acceptors (Lipinski definition) is 4. The van der Waals surface area contributed by atoms with Crippen LogP contribution < -0.4 is 0 Å². The zero-order valence-corrected chi connectivity index (χ0v) is 8.90. The number of aromatic nitrogens is 3. The Hall–Kier alpha value is -0.940. The highest BCUT2D eigenvalue weighted by Gasteiger charge is 2.15. The summed E-state index contributed by atoms with van der Waals surface area (Å²) in [6.45, 7) is 4.72. The van der Waals surface area contributed by atoms with Crippen molar-refractivity contribution >= 4 is 0 Å². The first kappa shape index (κ1) is 11.1. The lowest BCUT2D eigenvalue weighted by molar-refractivity contribution is 0.108. The van der Waals surface area contributed by atoms with Crippen LogP contribution in [0, 0.1) is 0 Å². The molecule has 1 N–H and O–H groups in total. The van der Waals surface area contributed by atoms with Crippen molar-refractivity contribution in [1.82, 2.24) is 14.8 Å². The molecular weight excluding hydrogens is 182 g/mol. The van der Waals surface area contributed by atoms with E-state index >= 15 is 0 Å². The van der Waals surface area contributed by atoms with Gasteiger partial charge in [0.25, 0.3) is 0 Å². The van der Waals surface area contributed by atoms with Crippen LogP contribution in [0.15, 0.2) is 0 Å². The van der Waals surface area contributed by atoms with E-state index < -0.39 is 0 Å². The molecule has 80 valence electrons. The lowest BCUT2D eigenvalue weighted by Crippen LogP contribution is -2.11. The molecule has 14 heavy (non-hydrogen) atoms. The first-order valence-electron chi connectivity index (χ1n) is 4.80. The topological polar surface area (TPSA) is 60.2 Å². The van der Waals surface area contributed by atoms with Crippen molar-refractivity contribution in [3.63, 3.8) is 0 Å². The minimum absolute atomic E-state index is 0.0799. The third kappa shape index (κ3) is 2.10. The van der Waals surface area contributed by atoms with Crippen molar-refractivity contribution in [3.8, 4) is 0 Å². The third-order valence-electron chi connectivity index (χ3n) is 2.16. The van der Waals surface area contributed by atoms with Gasteiger partial charge in [0.2, 0.25) is 0 Å². The maximum absolute atomic E-state index is 9.05. The molecule has 0 aliphatic rings. The van der Waals surface area contributed by atoms with E-state index in [1.807, 2.05) is 11.5 Å². The largest absolute Gasteiger partial charge is 0.388 e. The molecule has 1 aromatic rings. The number of hydrogen-bond donors (Lipinski definition) is 1. The third-order valence-corrected chi connectivity index (χ3v) is 2.16. The molecule has 0 amide bonds. The fraction of sp³-hybridized carbons (Fsp3) is 0.778. The number of methoxy groups -OCH3 is 1. The number of aliphatic hydroxyl groups is 1. The van der Waals surface area contributed by atoms with Crippen LogP contribution >= 0.6 is 0 Å². The molecule has 1 atom stereocenters. The molecule has 0 spiro atoms. The summed E-state index contributed by atoms with van der Waals surface area (Å²) in [5.74, 6) is 1.38. The molecule has 0 fully saturated rings. The monoisotopic (exact) mass is 199 g/mol. The molecule has 0 aliphatic carbocycles. The van der Waals surface area contributed by atoms with Gasteiger partial charge in [0.1, 0.15) is 12.7 Å². The van der Waals surface area contributed by atoms with E-state index in [2.05, 4.69) is 17.1 Å². The SMILES string of the molecule is CCCn1c(CO)nnc1C(C)OC. The minimum Gasteiger partial charge on any atom is -0.388 e. The quantitative estimate of drug-likeness (QED) is 0.765. The van der Waals surface area contributed by atoms with Crippen LogP contribution in [0.25, 0.3) is 0 Å². The van der Waals surface area contributed by atoms with E-state index in [0.29, 0.717) is 5.82 Å². The molecule has 1 unspecified atom stereocenters. The lowest BCUT2D eigenvalue weighted by atomic mass is 10.3. The Balaban J connectivity index is 2.97. The number of ether oxygens (including phenoxy) is 1. The molecule has 0 saturated heterocycles. The average molecular weight is 199 g/mol. The van der Waals surface area contributed by atoms with E-state index in [9.17, 15) is 0 Å². The highest BCUT2D eigenvalue weighted by Crippen LogP contribution is 2.15. The van der Waals surface area contributed by atoms with Gasteiger partial charge >= 0.3 is 0 Å². The van der Waals surface area contributed by atoms with Gasteiger partial charge in [-0.25, -0.2) is 0 Å². The number of aliphatic hydroxyl groups excluding tert-OH is 1. The fourth-order valence-electron chi connectivity index (χ4n) is 1.34. The Labute approximate surface area is 83.7 Å². The van der Waals surface area contributed by atoms with Crippen molar-refractivity contribution in [2.45, 2.75) is 39.5 Å². The van der Waals surface area contributed by atoms with Crippen LogP contribution in [-0.4, -0.2) is 27.0 Å². The molecule has 0 bridgehead atoms. The minimum atomic E-state index is -0.0886. The first-order chi connectivity index (χ1) is 6.74. The predicted octanol–water partition coefficient (Wildman–Crippen LogP) is 0.888. The number of rotatable bonds is 5. The second kappa shape index (κ2) is 5.07. The molecule has 1 rings (SSSR count). The van der Waals surface area contributed by atoms with Crippen LogP contribution in [0.1, 0.15) is 38.0 Å². The van der Waals surface area contributed by atoms with Gasteiger partial charge in [-0.05, 0) is 13.3 Å². The van der Waals surface area contributed by atoms with Crippen LogP contribution in [0.3, 0.4) is 0 Å². The Morgan fingerprint density at radius 1 is 1.50 bits per heavy atom. The first-order valence-corrected chi connectivity index (χ1v) is 4.80. The van der Waals surface area contributed by atoms with E-state index in [-0.39, 0.29) is 12.7 Å². The van der Waals surface area contributed by atoms with Crippen molar-refractivity contribution in [2.24, 2.45) is 0 Å². The summed E-state index contributed by atoms with van der Waals surface area (Å²) in [7, 11) is 1.63. The molecule has 1 aromatic heterocycles. The molecule has 5 nitrogen and oxygen atoms in total. The maximum atomic E-state index is 9.05. The molecular formula is C9H17N3O2. The summed E-state index contributed by atoms with van der Waals surface area (Å²) in [6.07, 6.45) is 0.892. The van der Waals surface area contributed by atoms with Gasteiger partial charge in [0, 0.05) is 13.7 Å². The van der Waals surface area contributed by atoms with Gasteiger partial charge < -0.3 is 14.4 Å². The Bertz CT molecular complexity index is 286. The Morgan fingerprint density at radius 3 is 2.71 bits per heavy atom. The van der Waals surface area contributed by atoms with Crippen LogP contribution in [0.4, 0.5) is 0 Å².